The number of nitrogens with two attached hydrogens (primary N) is 1. The highest BCUT2D eigenvalue weighted by atomic mass is 15.4. The molecule has 5 heteroatoms. The van der Waals surface area contributed by atoms with Gasteiger partial charge in [0.05, 0.1) is 11.4 Å². The zero-order valence-electron chi connectivity index (χ0n) is 12.0. The van der Waals surface area contributed by atoms with Crippen LogP contribution >= 0.6 is 0 Å². The van der Waals surface area contributed by atoms with Crippen LogP contribution in [0.25, 0.3) is 0 Å². The smallest absolute Gasteiger partial charge is 0.150 e. The van der Waals surface area contributed by atoms with E-state index in [9.17, 15) is 0 Å². The Morgan fingerprint density at radius 1 is 1.22 bits per heavy atom. The van der Waals surface area contributed by atoms with Crippen LogP contribution in [0.15, 0.2) is 0 Å². The molecule has 2 heterocycles. The number of hydrogen-bond donors (Lipinski definition) is 1. The molecule has 1 aromatic rings. The van der Waals surface area contributed by atoms with Crippen molar-refractivity contribution in [1.29, 1.82) is 0 Å². The third-order valence-electron chi connectivity index (χ3n) is 3.81. The predicted molar refractivity (Wildman–Crippen MR) is 75.9 cm³/mol. The normalized spacial score (nSPS) is 17.7. The van der Waals surface area contributed by atoms with Crippen molar-refractivity contribution >= 4 is 11.5 Å². The number of aryl methyl sites for hydroxylation is 2. The van der Waals surface area contributed by atoms with Gasteiger partial charge < -0.3 is 10.6 Å². The van der Waals surface area contributed by atoms with Gasteiger partial charge in [0, 0.05) is 39.3 Å². The molecule has 2 rings (SSSR count). The summed E-state index contributed by atoms with van der Waals surface area (Å²) in [4.78, 5) is 4.87. The summed E-state index contributed by atoms with van der Waals surface area (Å²) in [6.45, 7) is 10.9. The second kappa shape index (κ2) is 5.18. The summed E-state index contributed by atoms with van der Waals surface area (Å²) in [5.74, 6) is 1.09. The van der Waals surface area contributed by atoms with E-state index in [4.69, 9.17) is 5.73 Å². The zero-order chi connectivity index (χ0) is 13.3. The lowest BCUT2D eigenvalue weighted by molar-refractivity contribution is 0.208. The van der Waals surface area contributed by atoms with Gasteiger partial charge in [0.1, 0.15) is 5.82 Å². The second-order valence-electron chi connectivity index (χ2n) is 5.28. The van der Waals surface area contributed by atoms with Gasteiger partial charge in [-0.1, -0.05) is 6.92 Å². The molecule has 0 amide bonds. The first-order valence-electron chi connectivity index (χ1n) is 6.85. The van der Waals surface area contributed by atoms with Crippen LogP contribution in [0.1, 0.15) is 26.5 Å². The summed E-state index contributed by atoms with van der Waals surface area (Å²) in [7, 11) is 1.99. The molecule has 1 aromatic heterocycles. The predicted octanol–water partition coefficient (Wildman–Crippen LogP) is 1.10. The molecular weight excluding hydrogens is 226 g/mol. The van der Waals surface area contributed by atoms with Crippen LogP contribution < -0.4 is 10.6 Å². The minimum absolute atomic E-state index is 0.627. The fourth-order valence-electron chi connectivity index (χ4n) is 2.67. The molecule has 0 unspecified atom stereocenters. The molecule has 0 aromatic carbocycles. The van der Waals surface area contributed by atoms with Crippen LogP contribution in [-0.2, 0) is 13.5 Å². The third-order valence-corrected chi connectivity index (χ3v) is 3.81. The molecule has 0 saturated carbocycles. The van der Waals surface area contributed by atoms with Crippen molar-refractivity contribution in [2.45, 2.75) is 33.2 Å². The Bertz CT molecular complexity index is 402. The number of nitrogen functional groups attached to an aromatic ring is 1. The van der Waals surface area contributed by atoms with E-state index in [1.54, 1.807) is 0 Å². The number of aromatic nitrogens is 2. The highest BCUT2D eigenvalue weighted by Gasteiger charge is 2.23. The number of hydrogen-bond acceptors (Lipinski definition) is 4. The Morgan fingerprint density at radius 2 is 1.83 bits per heavy atom. The fraction of sp³-hybridized carbons (Fsp3) is 0.769. The molecule has 0 atom stereocenters. The van der Waals surface area contributed by atoms with Crippen LogP contribution in [-0.4, -0.2) is 46.9 Å². The SMILES string of the molecule is CCc1nn(C)c(N2CCN(C(C)C)CC2)c1N. The molecule has 0 radical (unpaired) electrons. The van der Waals surface area contributed by atoms with Crippen molar-refractivity contribution in [3.05, 3.63) is 5.69 Å². The molecule has 0 aliphatic carbocycles. The Kier molecular flexibility index (Phi) is 3.80. The van der Waals surface area contributed by atoms with E-state index in [2.05, 4.69) is 35.7 Å². The molecule has 1 fully saturated rings. The van der Waals surface area contributed by atoms with Crippen LogP contribution in [0, 0.1) is 0 Å². The largest absolute Gasteiger partial charge is 0.394 e. The van der Waals surface area contributed by atoms with Gasteiger partial charge in [0.15, 0.2) is 0 Å². The van der Waals surface area contributed by atoms with E-state index in [1.807, 2.05) is 11.7 Å². The average Bonchev–Trinajstić information content (AvgIpc) is 2.64. The highest BCUT2D eigenvalue weighted by molar-refractivity contribution is 5.66. The molecule has 18 heavy (non-hydrogen) atoms. The molecular formula is C13H25N5. The molecule has 2 N–H and O–H groups in total. The van der Waals surface area contributed by atoms with E-state index >= 15 is 0 Å². The van der Waals surface area contributed by atoms with E-state index in [0.717, 1.165) is 49.8 Å². The standard InChI is InChI=1S/C13H25N5/c1-5-11-12(14)13(16(4)15-11)18-8-6-17(7-9-18)10(2)3/h10H,5-9,14H2,1-4H3. The highest BCUT2D eigenvalue weighted by Crippen LogP contribution is 2.27. The first kappa shape index (κ1) is 13.2. The maximum atomic E-state index is 6.20. The van der Waals surface area contributed by atoms with Crippen molar-refractivity contribution in [3.8, 4) is 0 Å². The Hall–Kier alpha value is -1.23. The van der Waals surface area contributed by atoms with Crippen LogP contribution in [0.5, 0.6) is 0 Å². The van der Waals surface area contributed by atoms with Gasteiger partial charge in [-0.15, -0.1) is 0 Å². The molecule has 5 nitrogen and oxygen atoms in total. The topological polar surface area (TPSA) is 50.3 Å². The number of rotatable bonds is 3. The minimum atomic E-state index is 0.627. The molecule has 0 bridgehead atoms. The summed E-state index contributed by atoms with van der Waals surface area (Å²) < 4.78 is 1.93. The lowest BCUT2D eigenvalue weighted by atomic mass is 10.2. The Balaban J connectivity index is 2.12. The third kappa shape index (κ3) is 2.32. The maximum Gasteiger partial charge on any atom is 0.150 e. The van der Waals surface area contributed by atoms with E-state index in [-0.39, 0.29) is 0 Å². The van der Waals surface area contributed by atoms with Gasteiger partial charge in [-0.3, -0.25) is 9.58 Å². The van der Waals surface area contributed by atoms with Gasteiger partial charge in [-0.25, -0.2) is 0 Å². The van der Waals surface area contributed by atoms with E-state index in [0.29, 0.717) is 6.04 Å². The van der Waals surface area contributed by atoms with E-state index in [1.165, 1.54) is 0 Å². The second-order valence-corrected chi connectivity index (χ2v) is 5.28. The van der Waals surface area contributed by atoms with Gasteiger partial charge >= 0.3 is 0 Å². The maximum absolute atomic E-state index is 6.20. The summed E-state index contributed by atoms with van der Waals surface area (Å²) >= 11 is 0. The first-order chi connectivity index (χ1) is 8.54. The average molecular weight is 251 g/mol. The lowest BCUT2D eigenvalue weighted by Crippen LogP contribution is -2.49. The van der Waals surface area contributed by atoms with Crippen molar-refractivity contribution < 1.29 is 0 Å². The van der Waals surface area contributed by atoms with E-state index < -0.39 is 0 Å². The summed E-state index contributed by atoms with van der Waals surface area (Å²) in [6, 6.07) is 0.627. The number of anilines is 2. The minimum Gasteiger partial charge on any atom is -0.394 e. The first-order valence-corrected chi connectivity index (χ1v) is 6.85. The monoisotopic (exact) mass is 251 g/mol. The number of piperazine rings is 1. The van der Waals surface area contributed by atoms with Crippen LogP contribution in [0.4, 0.5) is 11.5 Å². The van der Waals surface area contributed by atoms with Crippen LogP contribution in [0.2, 0.25) is 0 Å². The van der Waals surface area contributed by atoms with Crippen LogP contribution in [0.3, 0.4) is 0 Å². The van der Waals surface area contributed by atoms with Gasteiger partial charge in [0.2, 0.25) is 0 Å². The van der Waals surface area contributed by atoms with Gasteiger partial charge in [0.25, 0.3) is 0 Å². The molecule has 1 aliphatic rings. The fourth-order valence-corrected chi connectivity index (χ4v) is 2.67. The Labute approximate surface area is 110 Å². The van der Waals surface area contributed by atoms with Gasteiger partial charge in [-0.2, -0.15) is 5.10 Å². The molecule has 1 saturated heterocycles. The number of nitrogens with zero attached hydrogens (tertiary/aromatic N) is 4. The molecule has 1 aliphatic heterocycles. The van der Waals surface area contributed by atoms with Crippen molar-refractivity contribution in [3.63, 3.8) is 0 Å². The summed E-state index contributed by atoms with van der Waals surface area (Å²) in [5.41, 5.74) is 8.07. The molecule has 102 valence electrons. The zero-order valence-corrected chi connectivity index (χ0v) is 12.0. The van der Waals surface area contributed by atoms with Gasteiger partial charge in [-0.05, 0) is 20.3 Å². The quantitative estimate of drug-likeness (QED) is 0.874. The Morgan fingerprint density at radius 3 is 2.28 bits per heavy atom. The summed E-state index contributed by atoms with van der Waals surface area (Å²) in [5, 5.41) is 4.49. The lowest BCUT2D eigenvalue weighted by Gasteiger charge is -2.38. The van der Waals surface area contributed by atoms with Crippen molar-refractivity contribution in [1.82, 2.24) is 14.7 Å². The van der Waals surface area contributed by atoms with Crippen molar-refractivity contribution in [2.75, 3.05) is 36.8 Å². The molecule has 0 spiro atoms. The summed E-state index contributed by atoms with van der Waals surface area (Å²) in [6.07, 6.45) is 0.894. The van der Waals surface area contributed by atoms with Crippen molar-refractivity contribution in [2.24, 2.45) is 7.05 Å².